The molecule has 10 nitrogen and oxygen atoms in total. The van der Waals surface area contributed by atoms with Gasteiger partial charge >= 0.3 is 5.97 Å². The molecule has 11 heteroatoms. The van der Waals surface area contributed by atoms with E-state index in [1.54, 1.807) is 35.8 Å². The number of esters is 1. The first-order valence-electron chi connectivity index (χ1n) is 13.0. The van der Waals surface area contributed by atoms with Gasteiger partial charge in [-0.05, 0) is 89.1 Å². The molecule has 2 heterocycles. The van der Waals surface area contributed by atoms with Crippen LogP contribution in [0.5, 0.6) is 0 Å². The number of carbonyl (C=O) groups is 2. The van der Waals surface area contributed by atoms with E-state index in [-0.39, 0.29) is 29.6 Å². The van der Waals surface area contributed by atoms with Gasteiger partial charge in [-0.25, -0.2) is 8.42 Å². The van der Waals surface area contributed by atoms with Crippen LogP contribution in [-0.2, 0) is 19.6 Å². The van der Waals surface area contributed by atoms with Crippen molar-refractivity contribution >= 4 is 39.0 Å². The summed E-state index contributed by atoms with van der Waals surface area (Å²) in [6.07, 6.45) is 4.45. The van der Waals surface area contributed by atoms with Crippen molar-refractivity contribution in [3.63, 3.8) is 0 Å². The molecule has 1 aromatic heterocycles. The third kappa shape index (κ3) is 6.20. The van der Waals surface area contributed by atoms with Crippen LogP contribution in [-0.4, -0.2) is 50.3 Å². The first-order valence-corrected chi connectivity index (χ1v) is 14.7. The van der Waals surface area contributed by atoms with E-state index < -0.39 is 27.7 Å². The number of anilines is 3. The number of aryl methyl sites for hydroxylation is 1. The number of aromatic nitrogens is 1. The Balaban J connectivity index is 1.63. The van der Waals surface area contributed by atoms with Gasteiger partial charge in [0.2, 0.25) is 10.0 Å². The third-order valence-electron chi connectivity index (χ3n) is 7.34. The molecule has 1 aromatic carbocycles. The molecule has 0 unspecified atom stereocenters. The quantitative estimate of drug-likeness (QED) is 0.461. The molecule has 1 spiro atoms. The molecular formula is C27H36N4O6S. The Hall–Kier alpha value is -3.34. The minimum absolute atomic E-state index is 0.0695. The van der Waals surface area contributed by atoms with Crippen LogP contribution in [0.25, 0.3) is 0 Å². The summed E-state index contributed by atoms with van der Waals surface area (Å²) in [6.45, 7) is 8.82. The molecule has 1 amide bonds. The minimum atomic E-state index is -4.00. The van der Waals surface area contributed by atoms with Crippen molar-refractivity contribution in [1.29, 1.82) is 0 Å². The van der Waals surface area contributed by atoms with Crippen molar-refractivity contribution in [3.05, 3.63) is 51.9 Å². The number of hydrogen-bond acceptors (Lipinski definition) is 7. The number of piperidine rings is 1. The summed E-state index contributed by atoms with van der Waals surface area (Å²) in [5, 5.41) is 2.77. The first kappa shape index (κ1) is 27.7. The van der Waals surface area contributed by atoms with Crippen LogP contribution >= 0.6 is 0 Å². The smallest absolute Gasteiger partial charge is 0.323 e. The summed E-state index contributed by atoms with van der Waals surface area (Å²) in [6, 6.07) is 7.96. The van der Waals surface area contributed by atoms with E-state index in [0.717, 1.165) is 31.6 Å². The van der Waals surface area contributed by atoms with Crippen molar-refractivity contribution in [2.24, 2.45) is 5.41 Å². The molecule has 1 saturated heterocycles. The molecular weight excluding hydrogens is 508 g/mol. The maximum Gasteiger partial charge on any atom is 0.323 e. The van der Waals surface area contributed by atoms with E-state index in [9.17, 15) is 22.8 Å². The Kier molecular flexibility index (Phi) is 7.87. The standard InChI is InChI=1S/C27H36N4O6S/c1-5-37-24(32)17-38(35,36)29-20-7-8-21(23(16-20)30-14-12-27(10-11-27)13-15-30)25(33)28-22-9-6-19(4)31(18(2)3)26(22)34/h6-9,16,18,29H,5,10-15,17H2,1-4H3,(H,28,33). The molecule has 1 saturated carbocycles. The minimum Gasteiger partial charge on any atom is -0.465 e. The fourth-order valence-corrected chi connectivity index (χ4v) is 6.04. The second kappa shape index (κ2) is 10.8. The maximum absolute atomic E-state index is 13.5. The fraction of sp³-hybridized carbons (Fsp3) is 0.519. The van der Waals surface area contributed by atoms with Gasteiger partial charge in [0, 0.05) is 24.8 Å². The SMILES string of the molecule is CCOC(=O)CS(=O)(=O)Nc1ccc(C(=O)Nc2ccc(C)n(C(C)C)c2=O)c(N2CCC3(CC2)CC3)c1. The summed E-state index contributed by atoms with van der Waals surface area (Å²) >= 11 is 0. The number of pyridine rings is 1. The van der Waals surface area contributed by atoms with Crippen LogP contribution in [0.15, 0.2) is 35.1 Å². The van der Waals surface area contributed by atoms with Crippen molar-refractivity contribution in [2.75, 3.05) is 40.4 Å². The topological polar surface area (TPSA) is 127 Å². The molecule has 0 bridgehead atoms. The molecule has 0 atom stereocenters. The molecule has 1 aliphatic carbocycles. The lowest BCUT2D eigenvalue weighted by Gasteiger charge is -2.35. The fourth-order valence-electron chi connectivity index (χ4n) is 5.09. The van der Waals surface area contributed by atoms with Crippen LogP contribution in [0.4, 0.5) is 17.1 Å². The summed E-state index contributed by atoms with van der Waals surface area (Å²) in [7, 11) is -4.00. The highest BCUT2D eigenvalue weighted by Crippen LogP contribution is 2.54. The van der Waals surface area contributed by atoms with Crippen molar-refractivity contribution in [2.45, 2.75) is 59.4 Å². The van der Waals surface area contributed by atoms with Gasteiger partial charge in [0.25, 0.3) is 11.5 Å². The summed E-state index contributed by atoms with van der Waals surface area (Å²) in [5.74, 6) is -2.10. The monoisotopic (exact) mass is 544 g/mol. The molecule has 0 radical (unpaired) electrons. The number of hydrogen-bond donors (Lipinski definition) is 2. The number of carbonyl (C=O) groups excluding carboxylic acids is 2. The zero-order valence-electron chi connectivity index (χ0n) is 22.4. The number of benzene rings is 1. The van der Waals surface area contributed by atoms with Gasteiger partial charge in [0.15, 0.2) is 5.75 Å². The first-order chi connectivity index (χ1) is 17.9. The zero-order chi connectivity index (χ0) is 27.7. The molecule has 2 aliphatic rings. The number of rotatable bonds is 9. The van der Waals surface area contributed by atoms with Crippen molar-refractivity contribution in [1.82, 2.24) is 4.57 Å². The second-order valence-electron chi connectivity index (χ2n) is 10.5. The lowest BCUT2D eigenvalue weighted by Crippen LogP contribution is -2.36. The Morgan fingerprint density at radius 3 is 2.37 bits per heavy atom. The largest absolute Gasteiger partial charge is 0.465 e. The lowest BCUT2D eigenvalue weighted by atomic mass is 9.93. The molecule has 2 fully saturated rings. The van der Waals surface area contributed by atoms with E-state index >= 15 is 0 Å². The van der Waals surface area contributed by atoms with Gasteiger partial charge in [-0.1, -0.05) is 0 Å². The van der Waals surface area contributed by atoms with Gasteiger partial charge in [0.1, 0.15) is 5.69 Å². The molecule has 2 aromatic rings. The third-order valence-corrected chi connectivity index (χ3v) is 8.50. The van der Waals surface area contributed by atoms with Crippen LogP contribution < -0.4 is 20.5 Å². The van der Waals surface area contributed by atoms with E-state index in [0.29, 0.717) is 16.7 Å². The average molecular weight is 545 g/mol. The highest BCUT2D eigenvalue weighted by molar-refractivity contribution is 7.93. The molecule has 206 valence electrons. The predicted molar refractivity (Wildman–Crippen MR) is 147 cm³/mol. The number of nitrogens with one attached hydrogen (secondary N) is 2. The van der Waals surface area contributed by atoms with Crippen LogP contribution in [0.3, 0.4) is 0 Å². The molecule has 38 heavy (non-hydrogen) atoms. The van der Waals surface area contributed by atoms with Gasteiger partial charge < -0.3 is 19.5 Å². The molecule has 4 rings (SSSR count). The zero-order valence-corrected chi connectivity index (χ0v) is 23.2. The van der Waals surface area contributed by atoms with Gasteiger partial charge in [0.05, 0.1) is 23.5 Å². The summed E-state index contributed by atoms with van der Waals surface area (Å²) in [5.41, 5.74) is 2.24. The number of sulfonamides is 1. The number of nitrogens with zero attached hydrogens (tertiary/aromatic N) is 2. The Morgan fingerprint density at radius 1 is 1.08 bits per heavy atom. The highest BCUT2D eigenvalue weighted by Gasteiger charge is 2.44. The Bertz CT molecular complexity index is 1380. The number of amides is 1. The van der Waals surface area contributed by atoms with E-state index in [2.05, 4.69) is 14.9 Å². The Labute approximate surface area is 223 Å². The van der Waals surface area contributed by atoms with Crippen molar-refractivity contribution < 1.29 is 22.7 Å². The van der Waals surface area contributed by atoms with Gasteiger partial charge in [-0.15, -0.1) is 0 Å². The van der Waals surface area contributed by atoms with E-state index in [1.165, 1.54) is 18.9 Å². The molecule has 2 N–H and O–H groups in total. The summed E-state index contributed by atoms with van der Waals surface area (Å²) in [4.78, 5) is 40.3. The lowest BCUT2D eigenvalue weighted by molar-refractivity contribution is -0.139. The summed E-state index contributed by atoms with van der Waals surface area (Å²) < 4.78 is 33.9. The average Bonchev–Trinajstić information content (AvgIpc) is 3.59. The van der Waals surface area contributed by atoms with Crippen LogP contribution in [0.2, 0.25) is 0 Å². The highest BCUT2D eigenvalue weighted by atomic mass is 32.2. The maximum atomic E-state index is 13.5. The number of ether oxygens (including phenoxy) is 1. The van der Waals surface area contributed by atoms with E-state index in [1.807, 2.05) is 20.8 Å². The van der Waals surface area contributed by atoms with Gasteiger partial charge in [-0.3, -0.25) is 19.1 Å². The Morgan fingerprint density at radius 2 is 1.76 bits per heavy atom. The second-order valence-corrected chi connectivity index (χ2v) is 12.2. The van der Waals surface area contributed by atoms with Crippen LogP contribution in [0, 0.1) is 12.3 Å². The molecule has 1 aliphatic heterocycles. The predicted octanol–water partition coefficient (Wildman–Crippen LogP) is 3.68. The normalized spacial score (nSPS) is 16.4. The van der Waals surface area contributed by atoms with Crippen molar-refractivity contribution in [3.8, 4) is 0 Å². The van der Waals surface area contributed by atoms with Crippen LogP contribution in [0.1, 0.15) is 68.5 Å². The van der Waals surface area contributed by atoms with Gasteiger partial charge in [-0.2, -0.15) is 0 Å². The van der Waals surface area contributed by atoms with E-state index in [4.69, 9.17) is 4.74 Å².